The summed E-state index contributed by atoms with van der Waals surface area (Å²) in [5.74, 6) is -0.347. The van der Waals surface area contributed by atoms with E-state index in [4.69, 9.17) is 25.8 Å². The Hall–Kier alpha value is -3.79. The lowest BCUT2D eigenvalue weighted by Crippen LogP contribution is -2.55. The van der Waals surface area contributed by atoms with Gasteiger partial charge in [0.15, 0.2) is 11.0 Å². The van der Waals surface area contributed by atoms with Gasteiger partial charge in [0.2, 0.25) is 0 Å². The van der Waals surface area contributed by atoms with Crippen molar-refractivity contribution in [2.24, 2.45) is 0 Å². The highest BCUT2D eigenvalue weighted by atomic mass is 35.5. The van der Waals surface area contributed by atoms with Crippen molar-refractivity contribution in [3.63, 3.8) is 0 Å². The van der Waals surface area contributed by atoms with E-state index in [2.05, 4.69) is 25.9 Å². The molecule has 0 saturated carbocycles. The Morgan fingerprint density at radius 2 is 2.07 bits per heavy atom. The number of benzene rings is 1. The highest BCUT2D eigenvalue weighted by molar-refractivity contribution is 6.30. The molecule has 2 aromatic heterocycles. The molecule has 220 valence electrons. The summed E-state index contributed by atoms with van der Waals surface area (Å²) in [5.41, 5.74) is 0.877. The van der Waals surface area contributed by atoms with Gasteiger partial charge in [-0.25, -0.2) is 14.2 Å². The summed E-state index contributed by atoms with van der Waals surface area (Å²) in [6.45, 7) is 4.02. The largest absolute Gasteiger partial charge is 0.463 e. The number of amides is 1. The van der Waals surface area contributed by atoms with Gasteiger partial charge in [-0.15, -0.1) is 0 Å². The first kappa shape index (κ1) is 28.3. The highest BCUT2D eigenvalue weighted by Crippen LogP contribution is 2.32. The van der Waals surface area contributed by atoms with Gasteiger partial charge in [0.05, 0.1) is 43.2 Å². The van der Waals surface area contributed by atoms with Crippen molar-refractivity contribution in [2.75, 3.05) is 50.8 Å². The molecular formula is C29H31ClFN7O4. The third kappa shape index (κ3) is 6.04. The second-order valence-electron chi connectivity index (χ2n) is 10.7. The van der Waals surface area contributed by atoms with Crippen LogP contribution in [0.1, 0.15) is 24.8 Å². The van der Waals surface area contributed by atoms with Gasteiger partial charge >= 0.3 is 12.1 Å². The number of likely N-dealkylation sites (tertiary alicyclic amines) is 1. The van der Waals surface area contributed by atoms with Crippen molar-refractivity contribution in [1.29, 1.82) is 5.26 Å². The van der Waals surface area contributed by atoms with E-state index >= 15 is 4.39 Å². The molecule has 2 bridgehead atoms. The molecule has 0 N–H and O–H groups in total. The van der Waals surface area contributed by atoms with Gasteiger partial charge in [-0.05, 0) is 18.4 Å². The zero-order valence-corrected chi connectivity index (χ0v) is 23.7. The van der Waals surface area contributed by atoms with Crippen LogP contribution in [0.5, 0.6) is 6.01 Å². The summed E-state index contributed by atoms with van der Waals surface area (Å²) >= 11 is 5.99. The van der Waals surface area contributed by atoms with Crippen LogP contribution in [-0.4, -0.2) is 95.0 Å². The molecule has 6 rings (SSSR count). The van der Waals surface area contributed by atoms with Gasteiger partial charge in [-0.2, -0.15) is 15.2 Å². The van der Waals surface area contributed by atoms with E-state index in [-0.39, 0.29) is 42.8 Å². The number of aromatic nitrogens is 3. The van der Waals surface area contributed by atoms with Gasteiger partial charge in [-0.3, -0.25) is 4.90 Å². The van der Waals surface area contributed by atoms with Crippen molar-refractivity contribution in [1.82, 2.24) is 24.8 Å². The van der Waals surface area contributed by atoms with Crippen molar-refractivity contribution < 1.29 is 23.4 Å². The van der Waals surface area contributed by atoms with E-state index in [1.54, 1.807) is 4.90 Å². The van der Waals surface area contributed by atoms with Crippen molar-refractivity contribution in [3.05, 3.63) is 53.1 Å². The number of hydrogen-bond donors (Lipinski definition) is 0. The third-order valence-corrected chi connectivity index (χ3v) is 8.25. The molecule has 3 atom stereocenters. The lowest BCUT2D eigenvalue weighted by Gasteiger charge is -2.40. The first-order chi connectivity index (χ1) is 20.5. The minimum absolute atomic E-state index is 0.00513. The van der Waals surface area contributed by atoms with Gasteiger partial charge in [-0.1, -0.05) is 41.9 Å². The van der Waals surface area contributed by atoms with Crippen LogP contribution in [0.25, 0.3) is 10.9 Å². The fraction of sp³-hybridized carbons (Fsp3) is 0.483. The molecule has 3 aliphatic heterocycles. The van der Waals surface area contributed by atoms with Gasteiger partial charge in [0, 0.05) is 45.0 Å². The van der Waals surface area contributed by atoms with Crippen molar-refractivity contribution in [2.45, 2.75) is 44.1 Å². The quantitative estimate of drug-likeness (QED) is 0.267. The van der Waals surface area contributed by atoms with E-state index in [0.717, 1.165) is 38.1 Å². The van der Waals surface area contributed by atoms with E-state index < -0.39 is 18.0 Å². The van der Waals surface area contributed by atoms with Crippen LogP contribution in [0.2, 0.25) is 5.15 Å². The summed E-state index contributed by atoms with van der Waals surface area (Å²) in [4.78, 5) is 31.8. The average molecular weight is 596 g/mol. The van der Waals surface area contributed by atoms with Crippen LogP contribution in [-0.2, 0) is 16.1 Å². The summed E-state index contributed by atoms with van der Waals surface area (Å²) < 4.78 is 32.2. The number of anilines is 1. The van der Waals surface area contributed by atoms with E-state index in [0.29, 0.717) is 36.5 Å². The topological polar surface area (TPSA) is 117 Å². The van der Waals surface area contributed by atoms with Gasteiger partial charge in [0.1, 0.15) is 17.9 Å². The second kappa shape index (κ2) is 12.6. The summed E-state index contributed by atoms with van der Waals surface area (Å²) in [5, 5.41) is 9.60. The molecule has 13 heteroatoms. The molecule has 0 unspecified atom stereocenters. The number of hydrogen-bond acceptors (Lipinski definition) is 10. The Bertz CT molecular complexity index is 1480. The zero-order chi connectivity index (χ0) is 29.1. The molecule has 3 aromatic rings. The molecule has 0 spiro atoms. The fourth-order valence-corrected chi connectivity index (χ4v) is 6.00. The number of carbonyl (C=O) groups is 1. The van der Waals surface area contributed by atoms with Crippen LogP contribution in [0, 0.1) is 17.1 Å². The Kier molecular flexibility index (Phi) is 8.51. The number of nitrogens with zero attached hydrogens (tertiary/aromatic N) is 7. The molecule has 0 aliphatic carbocycles. The monoisotopic (exact) mass is 595 g/mol. The number of carbonyl (C=O) groups excluding carboxylic acids is 1. The standard InChI is InChI=1S/C29H31ClFN7O4/c30-26-24(31)25-23(14-33-26)27(35-28(34-25)40-12-4-9-36-16-22-13-21(36)18-41-22)37-10-11-38(20(15-37)7-8-32)29(39)42-17-19-5-2-1-3-6-19/h1-3,5-6,14,20-22H,4,7,9-13,15-18H2/t20-,21-,22-/m0/s1. The Morgan fingerprint density at radius 3 is 2.83 bits per heavy atom. The highest BCUT2D eigenvalue weighted by Gasteiger charge is 2.38. The number of piperazine rings is 1. The first-order valence-corrected chi connectivity index (χ1v) is 14.5. The number of pyridine rings is 1. The summed E-state index contributed by atoms with van der Waals surface area (Å²) in [6, 6.07) is 11.6. The Balaban J connectivity index is 1.16. The minimum atomic E-state index is -0.757. The maximum Gasteiger partial charge on any atom is 0.410 e. The van der Waals surface area contributed by atoms with Crippen LogP contribution < -0.4 is 9.64 Å². The summed E-state index contributed by atoms with van der Waals surface area (Å²) in [7, 11) is 0. The predicted octanol–water partition coefficient (Wildman–Crippen LogP) is 3.80. The lowest BCUT2D eigenvalue weighted by molar-refractivity contribution is 0.0287. The van der Waals surface area contributed by atoms with E-state index in [1.165, 1.54) is 6.20 Å². The normalized spacial score (nSPS) is 22.0. The molecule has 11 nitrogen and oxygen atoms in total. The SMILES string of the molecule is N#CC[C@H]1CN(c2nc(OCCCN3C[C@@H]4C[C@H]3CO4)nc3c(F)c(Cl)ncc23)CCN1C(=O)OCc1ccccc1. The third-order valence-electron chi connectivity index (χ3n) is 7.98. The predicted molar refractivity (Wildman–Crippen MR) is 152 cm³/mol. The Morgan fingerprint density at radius 1 is 1.21 bits per heavy atom. The van der Waals surface area contributed by atoms with Gasteiger partial charge < -0.3 is 24.0 Å². The van der Waals surface area contributed by atoms with Gasteiger partial charge in [0.25, 0.3) is 0 Å². The molecule has 3 aliphatic rings. The average Bonchev–Trinajstić information content (AvgIpc) is 3.64. The Labute approximate surface area is 247 Å². The number of morpholine rings is 1. The van der Waals surface area contributed by atoms with Crippen LogP contribution in [0.15, 0.2) is 36.5 Å². The molecule has 3 fully saturated rings. The molecule has 3 saturated heterocycles. The number of nitriles is 1. The number of fused-ring (bicyclic) bond motifs is 3. The van der Waals surface area contributed by atoms with E-state index in [1.807, 2.05) is 35.2 Å². The molecular weight excluding hydrogens is 565 g/mol. The van der Waals surface area contributed by atoms with E-state index in [9.17, 15) is 10.1 Å². The van der Waals surface area contributed by atoms with Crippen LogP contribution in [0.4, 0.5) is 15.0 Å². The molecule has 1 amide bonds. The fourth-order valence-electron chi connectivity index (χ4n) is 5.86. The van der Waals surface area contributed by atoms with Crippen LogP contribution >= 0.6 is 11.6 Å². The lowest BCUT2D eigenvalue weighted by atomic mass is 10.1. The van der Waals surface area contributed by atoms with Crippen LogP contribution in [0.3, 0.4) is 0 Å². The number of ether oxygens (including phenoxy) is 3. The maximum absolute atomic E-state index is 15.1. The maximum atomic E-state index is 15.1. The molecule has 1 aromatic carbocycles. The van der Waals surface area contributed by atoms with Crippen molar-refractivity contribution in [3.8, 4) is 12.1 Å². The smallest absolute Gasteiger partial charge is 0.410 e. The minimum Gasteiger partial charge on any atom is -0.463 e. The summed E-state index contributed by atoms with van der Waals surface area (Å²) in [6.07, 6.45) is 3.20. The molecule has 42 heavy (non-hydrogen) atoms. The van der Waals surface area contributed by atoms with Crippen molar-refractivity contribution >= 4 is 34.4 Å². The first-order valence-electron chi connectivity index (χ1n) is 14.1. The number of rotatable bonds is 9. The molecule has 0 radical (unpaired) electrons. The second-order valence-corrected chi connectivity index (χ2v) is 11.1. The zero-order valence-electron chi connectivity index (χ0n) is 23.0. The number of halogens is 2. The molecule has 5 heterocycles.